The minimum absolute atomic E-state index is 0.120. The summed E-state index contributed by atoms with van der Waals surface area (Å²) >= 11 is 14.9. The summed E-state index contributed by atoms with van der Waals surface area (Å²) in [6, 6.07) is 4.19. The molecule has 7 heteroatoms. The lowest BCUT2D eigenvalue weighted by molar-refractivity contribution is 0.372. The number of halogens is 3. The Labute approximate surface area is 126 Å². The topological polar surface area (TPSA) is 37.4 Å². The van der Waals surface area contributed by atoms with E-state index < -0.39 is 10.0 Å². The largest absolute Gasteiger partial charge is 0.243 e. The van der Waals surface area contributed by atoms with Crippen molar-refractivity contribution in [3.05, 3.63) is 28.2 Å². The molecule has 1 aromatic rings. The molecule has 0 bridgehead atoms. The summed E-state index contributed by atoms with van der Waals surface area (Å²) in [6.45, 7) is 4.04. The third kappa shape index (κ3) is 3.84. The Kier molecular flexibility index (Phi) is 5.93. The molecule has 0 spiro atoms. The van der Waals surface area contributed by atoms with Gasteiger partial charge >= 0.3 is 0 Å². The van der Waals surface area contributed by atoms with E-state index >= 15 is 0 Å². The number of nitrogens with zero attached hydrogens (tertiary/aromatic N) is 1. The lowest BCUT2D eigenvalue weighted by Crippen LogP contribution is -2.38. The molecule has 102 valence electrons. The maximum Gasteiger partial charge on any atom is 0.243 e. The van der Waals surface area contributed by atoms with Crippen molar-refractivity contribution in [2.75, 3.05) is 11.9 Å². The van der Waals surface area contributed by atoms with Gasteiger partial charge in [-0.2, -0.15) is 4.31 Å². The van der Waals surface area contributed by atoms with Gasteiger partial charge in [0.15, 0.2) is 0 Å². The number of rotatable bonds is 5. The highest BCUT2D eigenvalue weighted by Crippen LogP contribution is 2.25. The summed E-state index contributed by atoms with van der Waals surface area (Å²) in [5, 5.41) is 1.19. The molecule has 0 aliphatic heterocycles. The second-order valence-corrected chi connectivity index (χ2v) is 7.56. The van der Waals surface area contributed by atoms with Crippen LogP contribution < -0.4 is 0 Å². The van der Waals surface area contributed by atoms with Crippen LogP contribution in [0.1, 0.15) is 13.8 Å². The van der Waals surface area contributed by atoms with E-state index in [2.05, 4.69) is 15.9 Å². The summed E-state index contributed by atoms with van der Waals surface area (Å²) in [4.78, 5) is 0.120. The lowest BCUT2D eigenvalue weighted by atomic mass is 10.4. The van der Waals surface area contributed by atoms with Crippen molar-refractivity contribution in [1.82, 2.24) is 4.31 Å². The molecule has 0 N–H and O–H groups in total. The molecule has 0 aromatic heterocycles. The maximum absolute atomic E-state index is 12.5. The number of alkyl halides is 1. The highest BCUT2D eigenvalue weighted by atomic mass is 79.9. The van der Waals surface area contributed by atoms with Crippen LogP contribution in [0, 0.1) is 0 Å². The predicted molar refractivity (Wildman–Crippen MR) is 79.3 cm³/mol. The van der Waals surface area contributed by atoms with Crippen molar-refractivity contribution in [1.29, 1.82) is 0 Å². The highest BCUT2D eigenvalue weighted by Gasteiger charge is 2.26. The molecule has 1 aromatic carbocycles. The van der Waals surface area contributed by atoms with Gasteiger partial charge in [0.05, 0.1) is 4.90 Å². The highest BCUT2D eigenvalue weighted by molar-refractivity contribution is 9.09. The second kappa shape index (κ2) is 6.57. The Morgan fingerprint density at radius 3 is 2.11 bits per heavy atom. The van der Waals surface area contributed by atoms with E-state index in [4.69, 9.17) is 23.2 Å². The summed E-state index contributed by atoms with van der Waals surface area (Å²) in [5.41, 5.74) is 0. The van der Waals surface area contributed by atoms with Gasteiger partial charge in [-0.05, 0) is 32.0 Å². The molecular weight excluding hydrogens is 361 g/mol. The molecule has 0 saturated heterocycles. The van der Waals surface area contributed by atoms with Gasteiger partial charge in [-0.25, -0.2) is 8.42 Å². The molecule has 0 atom stereocenters. The van der Waals surface area contributed by atoms with Gasteiger partial charge in [0.2, 0.25) is 10.0 Å². The van der Waals surface area contributed by atoms with Crippen LogP contribution in [0.25, 0.3) is 0 Å². The molecule has 0 saturated carbocycles. The third-order valence-corrected chi connectivity index (χ3v) is 5.17. The zero-order valence-electron chi connectivity index (χ0n) is 10.0. The minimum Gasteiger partial charge on any atom is -0.207 e. The van der Waals surface area contributed by atoms with Crippen LogP contribution in [0.2, 0.25) is 10.0 Å². The predicted octanol–water partition coefficient (Wildman–Crippen LogP) is 3.79. The molecule has 3 nitrogen and oxygen atoms in total. The van der Waals surface area contributed by atoms with Gasteiger partial charge in [-0.3, -0.25) is 0 Å². The monoisotopic (exact) mass is 373 g/mol. The van der Waals surface area contributed by atoms with Crippen molar-refractivity contribution in [2.24, 2.45) is 0 Å². The van der Waals surface area contributed by atoms with Crippen LogP contribution in [-0.2, 0) is 10.0 Å². The van der Waals surface area contributed by atoms with E-state index in [9.17, 15) is 8.42 Å². The molecule has 0 radical (unpaired) electrons. The average molecular weight is 375 g/mol. The van der Waals surface area contributed by atoms with Gasteiger partial charge in [0, 0.05) is 28.0 Å². The first kappa shape index (κ1) is 16.2. The smallest absolute Gasteiger partial charge is 0.207 e. The average Bonchev–Trinajstić information content (AvgIpc) is 2.23. The number of hydrogen-bond donors (Lipinski definition) is 0. The Morgan fingerprint density at radius 2 is 1.72 bits per heavy atom. The summed E-state index contributed by atoms with van der Waals surface area (Å²) in [5.74, 6) is 0. The number of sulfonamides is 1. The van der Waals surface area contributed by atoms with E-state index in [-0.39, 0.29) is 10.9 Å². The van der Waals surface area contributed by atoms with Crippen molar-refractivity contribution < 1.29 is 8.42 Å². The van der Waals surface area contributed by atoms with Gasteiger partial charge in [0.25, 0.3) is 0 Å². The first-order chi connectivity index (χ1) is 8.28. The van der Waals surface area contributed by atoms with Crippen LogP contribution >= 0.6 is 39.1 Å². The van der Waals surface area contributed by atoms with E-state index in [0.29, 0.717) is 21.9 Å². The second-order valence-electron chi connectivity index (χ2n) is 4.00. The van der Waals surface area contributed by atoms with Crippen LogP contribution in [0.3, 0.4) is 0 Å². The normalized spacial score (nSPS) is 12.4. The van der Waals surface area contributed by atoms with Crippen molar-refractivity contribution >= 4 is 49.2 Å². The molecule has 0 aliphatic rings. The summed E-state index contributed by atoms with van der Waals surface area (Å²) in [6.07, 6.45) is 0. The number of hydrogen-bond acceptors (Lipinski definition) is 2. The molecular formula is C11H14BrCl2NO2S. The molecule has 0 unspecified atom stereocenters. The van der Waals surface area contributed by atoms with Gasteiger partial charge in [0.1, 0.15) is 0 Å². The Bertz CT molecular complexity index is 500. The maximum atomic E-state index is 12.5. The number of benzene rings is 1. The first-order valence-electron chi connectivity index (χ1n) is 5.33. The molecule has 0 fully saturated rings. The first-order valence-corrected chi connectivity index (χ1v) is 8.64. The van der Waals surface area contributed by atoms with Crippen LogP contribution in [-0.4, -0.2) is 30.6 Å². The molecule has 0 heterocycles. The quantitative estimate of drug-likeness (QED) is 0.735. The van der Waals surface area contributed by atoms with Crippen molar-refractivity contribution in [3.8, 4) is 0 Å². The molecule has 0 aliphatic carbocycles. The zero-order valence-corrected chi connectivity index (χ0v) is 13.9. The van der Waals surface area contributed by atoms with Crippen LogP contribution in [0.15, 0.2) is 23.1 Å². The fourth-order valence-corrected chi connectivity index (χ4v) is 4.53. The van der Waals surface area contributed by atoms with Crippen molar-refractivity contribution in [2.45, 2.75) is 24.8 Å². The van der Waals surface area contributed by atoms with Gasteiger partial charge in [-0.1, -0.05) is 39.1 Å². The van der Waals surface area contributed by atoms with E-state index in [1.165, 1.54) is 22.5 Å². The Morgan fingerprint density at radius 1 is 1.22 bits per heavy atom. The van der Waals surface area contributed by atoms with E-state index in [1.807, 2.05) is 13.8 Å². The standard InChI is InChI=1S/C11H14BrCl2NO2S/c1-8(2)15(4-3-12)18(16,17)11-6-9(13)5-10(14)7-11/h5-8H,3-4H2,1-2H3. The molecule has 1 rings (SSSR count). The Hall–Kier alpha value is 0.190. The van der Waals surface area contributed by atoms with Gasteiger partial charge < -0.3 is 0 Å². The minimum atomic E-state index is -3.57. The lowest BCUT2D eigenvalue weighted by Gasteiger charge is -2.25. The molecule has 0 amide bonds. The zero-order chi connectivity index (χ0) is 13.9. The van der Waals surface area contributed by atoms with E-state index in [0.717, 1.165) is 0 Å². The molecule has 18 heavy (non-hydrogen) atoms. The van der Waals surface area contributed by atoms with Crippen molar-refractivity contribution in [3.63, 3.8) is 0 Å². The summed E-state index contributed by atoms with van der Waals surface area (Å²) < 4.78 is 26.3. The fraction of sp³-hybridized carbons (Fsp3) is 0.455. The van der Waals surface area contributed by atoms with Crippen LogP contribution in [0.4, 0.5) is 0 Å². The summed E-state index contributed by atoms with van der Waals surface area (Å²) in [7, 11) is -3.57. The third-order valence-electron chi connectivity index (χ3n) is 2.32. The van der Waals surface area contributed by atoms with E-state index in [1.54, 1.807) is 0 Å². The van der Waals surface area contributed by atoms with Crippen LogP contribution in [0.5, 0.6) is 0 Å². The SMILES string of the molecule is CC(C)N(CCBr)S(=O)(=O)c1cc(Cl)cc(Cl)c1. The van der Waals surface area contributed by atoms with Gasteiger partial charge in [-0.15, -0.1) is 0 Å². The Balaban J connectivity index is 3.26. The fourth-order valence-electron chi connectivity index (χ4n) is 1.55.